The third-order valence-electron chi connectivity index (χ3n) is 1.49. The molecule has 0 amide bonds. The molecule has 1 heterocycles. The molecule has 0 aliphatic carbocycles. The lowest BCUT2D eigenvalue weighted by Crippen LogP contribution is -2.00. The number of carbonyl (C=O) groups excluding carboxylic acids is 1. The van der Waals surface area contributed by atoms with Crippen LogP contribution in [0.4, 0.5) is 5.69 Å². The molecule has 0 aliphatic heterocycles. The lowest BCUT2D eigenvalue weighted by Gasteiger charge is -1.98. The molecular weight excluding hydrogens is 218 g/mol. The van der Waals surface area contributed by atoms with Crippen LogP contribution in [-0.4, -0.2) is 22.8 Å². The number of rotatable bonds is 3. The quantitative estimate of drug-likeness (QED) is 0.622. The SMILES string of the molecule is CCOC(=O)/C=C/c1nnc(Cl)cc1N. The van der Waals surface area contributed by atoms with Crippen molar-refractivity contribution in [2.24, 2.45) is 0 Å². The first-order valence-corrected chi connectivity index (χ1v) is 4.64. The fourth-order valence-electron chi connectivity index (χ4n) is 0.857. The summed E-state index contributed by atoms with van der Waals surface area (Å²) in [6.45, 7) is 2.05. The minimum absolute atomic E-state index is 0.209. The van der Waals surface area contributed by atoms with Gasteiger partial charge in [0.25, 0.3) is 0 Å². The van der Waals surface area contributed by atoms with Crippen molar-refractivity contribution in [2.75, 3.05) is 12.3 Å². The van der Waals surface area contributed by atoms with E-state index in [1.807, 2.05) is 0 Å². The molecule has 0 radical (unpaired) electrons. The molecule has 0 bridgehead atoms. The van der Waals surface area contributed by atoms with Crippen molar-refractivity contribution in [1.29, 1.82) is 0 Å². The Bertz CT molecular complexity index is 393. The molecule has 0 saturated heterocycles. The van der Waals surface area contributed by atoms with Gasteiger partial charge < -0.3 is 10.5 Å². The lowest BCUT2D eigenvalue weighted by molar-refractivity contribution is -0.137. The predicted octanol–water partition coefficient (Wildman–Crippen LogP) is 1.29. The van der Waals surface area contributed by atoms with Gasteiger partial charge in [0.15, 0.2) is 5.15 Å². The second-order valence-electron chi connectivity index (χ2n) is 2.59. The van der Waals surface area contributed by atoms with E-state index in [-0.39, 0.29) is 5.15 Å². The molecular formula is C9H10ClN3O2. The van der Waals surface area contributed by atoms with Gasteiger partial charge in [-0.3, -0.25) is 0 Å². The highest BCUT2D eigenvalue weighted by atomic mass is 35.5. The van der Waals surface area contributed by atoms with Crippen molar-refractivity contribution < 1.29 is 9.53 Å². The van der Waals surface area contributed by atoms with Gasteiger partial charge in [0.1, 0.15) is 5.69 Å². The molecule has 1 aromatic rings. The Kier molecular flexibility index (Phi) is 4.05. The first kappa shape index (κ1) is 11.5. The van der Waals surface area contributed by atoms with Crippen molar-refractivity contribution in [3.63, 3.8) is 0 Å². The van der Waals surface area contributed by atoms with Crippen LogP contribution in [0.1, 0.15) is 12.6 Å². The maximum Gasteiger partial charge on any atom is 0.330 e. The summed E-state index contributed by atoms with van der Waals surface area (Å²) in [5.41, 5.74) is 6.33. The van der Waals surface area contributed by atoms with Gasteiger partial charge in [0.2, 0.25) is 0 Å². The summed E-state index contributed by atoms with van der Waals surface area (Å²) in [4.78, 5) is 11.0. The predicted molar refractivity (Wildman–Crippen MR) is 57.1 cm³/mol. The number of carbonyl (C=O) groups is 1. The number of esters is 1. The van der Waals surface area contributed by atoms with Crippen LogP contribution in [0.3, 0.4) is 0 Å². The average Bonchev–Trinajstić information content (AvgIpc) is 2.17. The van der Waals surface area contributed by atoms with E-state index in [0.717, 1.165) is 0 Å². The molecule has 2 N–H and O–H groups in total. The standard InChI is InChI=1S/C9H10ClN3O2/c1-2-15-9(14)4-3-7-6(11)5-8(10)13-12-7/h3-5H,2H2,1H3,(H2,11,13)/b4-3+. The van der Waals surface area contributed by atoms with Gasteiger partial charge in [-0.15, -0.1) is 10.2 Å². The zero-order chi connectivity index (χ0) is 11.3. The summed E-state index contributed by atoms with van der Waals surface area (Å²) < 4.78 is 4.69. The van der Waals surface area contributed by atoms with Crippen LogP contribution < -0.4 is 5.73 Å². The smallest absolute Gasteiger partial charge is 0.330 e. The fraction of sp³-hybridized carbons (Fsp3) is 0.222. The van der Waals surface area contributed by atoms with Crippen LogP contribution in [-0.2, 0) is 9.53 Å². The number of nitrogens with two attached hydrogens (primary N) is 1. The highest BCUT2D eigenvalue weighted by Crippen LogP contribution is 2.13. The van der Waals surface area contributed by atoms with Gasteiger partial charge in [0, 0.05) is 12.1 Å². The summed E-state index contributed by atoms with van der Waals surface area (Å²) in [5, 5.41) is 7.51. The first-order valence-electron chi connectivity index (χ1n) is 4.27. The first-order chi connectivity index (χ1) is 7.13. The van der Waals surface area contributed by atoms with Crippen LogP contribution in [0.5, 0.6) is 0 Å². The second kappa shape index (κ2) is 5.31. The molecule has 5 nitrogen and oxygen atoms in total. The number of ether oxygens (including phenoxy) is 1. The Balaban J connectivity index is 2.76. The lowest BCUT2D eigenvalue weighted by atomic mass is 10.3. The Labute approximate surface area is 91.9 Å². The summed E-state index contributed by atoms with van der Waals surface area (Å²) in [6.07, 6.45) is 2.66. The third-order valence-corrected chi connectivity index (χ3v) is 1.67. The van der Waals surface area contributed by atoms with E-state index in [1.165, 1.54) is 18.2 Å². The fourth-order valence-corrected chi connectivity index (χ4v) is 1.01. The highest BCUT2D eigenvalue weighted by molar-refractivity contribution is 6.29. The number of nitrogen functional groups attached to an aromatic ring is 1. The number of hydrogen-bond donors (Lipinski definition) is 1. The van der Waals surface area contributed by atoms with E-state index in [4.69, 9.17) is 17.3 Å². The van der Waals surface area contributed by atoms with E-state index in [9.17, 15) is 4.79 Å². The van der Waals surface area contributed by atoms with E-state index < -0.39 is 5.97 Å². The molecule has 0 unspecified atom stereocenters. The van der Waals surface area contributed by atoms with Gasteiger partial charge in [-0.05, 0) is 13.0 Å². The van der Waals surface area contributed by atoms with Crippen LogP contribution in [0, 0.1) is 0 Å². The van der Waals surface area contributed by atoms with Crippen LogP contribution in [0.25, 0.3) is 6.08 Å². The second-order valence-corrected chi connectivity index (χ2v) is 2.98. The molecule has 0 saturated carbocycles. The van der Waals surface area contributed by atoms with Crippen molar-refractivity contribution in [3.05, 3.63) is 23.0 Å². The number of nitrogens with zero attached hydrogens (tertiary/aromatic N) is 2. The van der Waals surface area contributed by atoms with E-state index in [2.05, 4.69) is 14.9 Å². The Hall–Kier alpha value is -1.62. The maximum atomic E-state index is 11.0. The Morgan fingerprint density at radius 1 is 1.67 bits per heavy atom. The van der Waals surface area contributed by atoms with Gasteiger partial charge in [-0.2, -0.15) is 0 Å². The molecule has 80 valence electrons. The van der Waals surface area contributed by atoms with Crippen molar-refractivity contribution in [2.45, 2.75) is 6.92 Å². The van der Waals surface area contributed by atoms with Crippen LogP contribution in [0.15, 0.2) is 12.1 Å². The number of hydrogen-bond acceptors (Lipinski definition) is 5. The number of aromatic nitrogens is 2. The Morgan fingerprint density at radius 3 is 3.00 bits per heavy atom. The molecule has 1 rings (SSSR count). The Morgan fingerprint density at radius 2 is 2.40 bits per heavy atom. The van der Waals surface area contributed by atoms with Gasteiger partial charge in [-0.1, -0.05) is 11.6 Å². The normalized spacial score (nSPS) is 10.5. The minimum atomic E-state index is -0.450. The summed E-state index contributed by atoms with van der Waals surface area (Å²) in [7, 11) is 0. The minimum Gasteiger partial charge on any atom is -0.463 e. The van der Waals surface area contributed by atoms with E-state index in [1.54, 1.807) is 6.92 Å². The molecule has 1 aromatic heterocycles. The van der Waals surface area contributed by atoms with Crippen molar-refractivity contribution in [3.8, 4) is 0 Å². The number of anilines is 1. The molecule has 0 atom stereocenters. The third kappa shape index (κ3) is 3.55. The van der Waals surface area contributed by atoms with E-state index in [0.29, 0.717) is 18.0 Å². The van der Waals surface area contributed by atoms with Gasteiger partial charge >= 0.3 is 5.97 Å². The maximum absolute atomic E-state index is 11.0. The zero-order valence-corrected chi connectivity index (χ0v) is 8.86. The van der Waals surface area contributed by atoms with Crippen LogP contribution >= 0.6 is 11.6 Å². The largest absolute Gasteiger partial charge is 0.463 e. The molecule has 0 aromatic carbocycles. The molecule has 15 heavy (non-hydrogen) atoms. The zero-order valence-electron chi connectivity index (χ0n) is 8.11. The van der Waals surface area contributed by atoms with E-state index >= 15 is 0 Å². The number of halogens is 1. The van der Waals surface area contributed by atoms with Crippen LogP contribution in [0.2, 0.25) is 5.15 Å². The van der Waals surface area contributed by atoms with Crippen molar-refractivity contribution in [1.82, 2.24) is 10.2 Å². The van der Waals surface area contributed by atoms with Gasteiger partial charge in [-0.25, -0.2) is 4.79 Å². The summed E-state index contributed by atoms with van der Waals surface area (Å²) in [6, 6.07) is 1.46. The topological polar surface area (TPSA) is 78.1 Å². The molecule has 0 spiro atoms. The summed E-state index contributed by atoms with van der Waals surface area (Å²) >= 11 is 5.56. The molecule has 6 heteroatoms. The highest BCUT2D eigenvalue weighted by Gasteiger charge is 2.00. The average molecular weight is 228 g/mol. The van der Waals surface area contributed by atoms with Gasteiger partial charge in [0.05, 0.1) is 12.3 Å². The molecule has 0 fully saturated rings. The summed E-state index contributed by atoms with van der Waals surface area (Å²) in [5.74, 6) is -0.450. The van der Waals surface area contributed by atoms with Crippen molar-refractivity contribution >= 4 is 29.3 Å². The monoisotopic (exact) mass is 227 g/mol. The molecule has 0 aliphatic rings.